The van der Waals surface area contributed by atoms with E-state index in [4.69, 9.17) is 4.98 Å². The standard InChI is InChI=1S/C20H21N3OS/c1-13(2)14-3-5-16(6-4-14)18-12-25-20(22-18)23-10-8-15-7-9-21-19(24)17(15)11-23/h3-7,9,12-13H,8,10-11H2,1-2H3,(H,21,24). The van der Waals surface area contributed by atoms with E-state index in [9.17, 15) is 4.79 Å². The number of aromatic nitrogens is 2. The fourth-order valence-electron chi connectivity index (χ4n) is 3.23. The molecular weight excluding hydrogens is 330 g/mol. The number of hydrogen-bond acceptors (Lipinski definition) is 4. The Hall–Kier alpha value is -2.40. The second kappa shape index (κ2) is 6.48. The normalized spacial score (nSPS) is 14.0. The fourth-order valence-corrected chi connectivity index (χ4v) is 4.09. The van der Waals surface area contributed by atoms with Crippen LogP contribution in [0.5, 0.6) is 0 Å². The van der Waals surface area contributed by atoms with Gasteiger partial charge in [-0.15, -0.1) is 11.3 Å². The number of nitrogens with one attached hydrogen (secondary N) is 1. The molecule has 0 amide bonds. The largest absolute Gasteiger partial charge is 0.343 e. The number of H-pyrrole nitrogens is 1. The summed E-state index contributed by atoms with van der Waals surface area (Å²) in [4.78, 5) is 21.8. The zero-order valence-electron chi connectivity index (χ0n) is 14.5. The van der Waals surface area contributed by atoms with Gasteiger partial charge in [-0.1, -0.05) is 38.1 Å². The van der Waals surface area contributed by atoms with Crippen molar-refractivity contribution < 1.29 is 0 Å². The molecule has 0 spiro atoms. The second-order valence-electron chi connectivity index (χ2n) is 6.77. The van der Waals surface area contributed by atoms with Crippen LogP contribution in [0.3, 0.4) is 0 Å². The Morgan fingerprint density at radius 2 is 2.00 bits per heavy atom. The van der Waals surface area contributed by atoms with E-state index in [2.05, 4.69) is 53.4 Å². The quantitative estimate of drug-likeness (QED) is 0.770. The van der Waals surface area contributed by atoms with E-state index < -0.39 is 0 Å². The van der Waals surface area contributed by atoms with Gasteiger partial charge in [0.2, 0.25) is 0 Å². The maximum atomic E-state index is 12.1. The number of fused-ring (bicyclic) bond motifs is 1. The van der Waals surface area contributed by atoms with Crippen LogP contribution in [0.4, 0.5) is 5.13 Å². The summed E-state index contributed by atoms with van der Waals surface area (Å²) in [5.74, 6) is 0.534. The molecule has 1 aliphatic rings. The number of nitrogens with zero attached hydrogens (tertiary/aromatic N) is 2. The van der Waals surface area contributed by atoms with Crippen LogP contribution in [0.25, 0.3) is 11.3 Å². The van der Waals surface area contributed by atoms with Crippen LogP contribution >= 0.6 is 11.3 Å². The first kappa shape index (κ1) is 16.1. The van der Waals surface area contributed by atoms with Crippen molar-refractivity contribution in [3.05, 3.63) is 69.0 Å². The third kappa shape index (κ3) is 3.12. The molecule has 1 aliphatic heterocycles. The van der Waals surface area contributed by atoms with Crippen molar-refractivity contribution in [3.63, 3.8) is 0 Å². The van der Waals surface area contributed by atoms with E-state index in [1.807, 2.05) is 6.07 Å². The van der Waals surface area contributed by atoms with Crippen LogP contribution in [-0.4, -0.2) is 16.5 Å². The predicted molar refractivity (Wildman–Crippen MR) is 103 cm³/mol. The van der Waals surface area contributed by atoms with Gasteiger partial charge in [0.15, 0.2) is 5.13 Å². The summed E-state index contributed by atoms with van der Waals surface area (Å²) >= 11 is 1.64. The summed E-state index contributed by atoms with van der Waals surface area (Å²) < 4.78 is 0. The Balaban J connectivity index is 1.58. The van der Waals surface area contributed by atoms with Crippen LogP contribution in [0.2, 0.25) is 0 Å². The summed E-state index contributed by atoms with van der Waals surface area (Å²) in [6, 6.07) is 10.7. The molecule has 3 aromatic rings. The number of pyridine rings is 1. The number of rotatable bonds is 3. The van der Waals surface area contributed by atoms with Gasteiger partial charge < -0.3 is 9.88 Å². The Labute approximate surface area is 151 Å². The molecule has 3 heterocycles. The molecule has 0 saturated heterocycles. The summed E-state index contributed by atoms with van der Waals surface area (Å²) in [6.07, 6.45) is 2.62. The zero-order chi connectivity index (χ0) is 17.4. The molecule has 0 fully saturated rings. The van der Waals surface area contributed by atoms with Gasteiger partial charge in [0.25, 0.3) is 5.56 Å². The maximum Gasteiger partial charge on any atom is 0.253 e. The highest BCUT2D eigenvalue weighted by molar-refractivity contribution is 7.14. The second-order valence-corrected chi connectivity index (χ2v) is 7.61. The highest BCUT2D eigenvalue weighted by Crippen LogP contribution is 2.30. The number of benzene rings is 1. The highest BCUT2D eigenvalue weighted by atomic mass is 32.1. The molecule has 0 saturated carbocycles. The van der Waals surface area contributed by atoms with E-state index in [-0.39, 0.29) is 5.56 Å². The molecule has 4 rings (SSSR count). The molecule has 0 atom stereocenters. The summed E-state index contributed by atoms with van der Waals surface area (Å²) in [7, 11) is 0. The molecule has 0 unspecified atom stereocenters. The topological polar surface area (TPSA) is 49.0 Å². The van der Waals surface area contributed by atoms with Gasteiger partial charge in [-0.25, -0.2) is 4.98 Å². The average molecular weight is 351 g/mol. The SMILES string of the molecule is CC(C)c1ccc(-c2csc(N3CCc4cc[nH]c(=O)c4C3)n2)cc1. The van der Waals surface area contributed by atoms with Gasteiger partial charge >= 0.3 is 0 Å². The first-order valence-corrected chi connectivity index (χ1v) is 9.50. The molecule has 2 aromatic heterocycles. The lowest BCUT2D eigenvalue weighted by Gasteiger charge is -2.27. The smallest absolute Gasteiger partial charge is 0.253 e. The van der Waals surface area contributed by atoms with Gasteiger partial charge in [0.1, 0.15) is 0 Å². The number of hydrogen-bond donors (Lipinski definition) is 1. The first-order valence-electron chi connectivity index (χ1n) is 8.62. The fraction of sp³-hybridized carbons (Fsp3) is 0.300. The van der Waals surface area contributed by atoms with Gasteiger partial charge in [-0.3, -0.25) is 4.79 Å². The predicted octanol–water partition coefficient (Wildman–Crippen LogP) is 4.18. The van der Waals surface area contributed by atoms with Gasteiger partial charge in [0, 0.05) is 29.2 Å². The van der Waals surface area contributed by atoms with E-state index >= 15 is 0 Å². The molecule has 0 radical (unpaired) electrons. The van der Waals surface area contributed by atoms with Crippen molar-refractivity contribution in [1.29, 1.82) is 0 Å². The molecule has 1 aromatic carbocycles. The average Bonchev–Trinajstić information content (AvgIpc) is 3.12. The number of anilines is 1. The lowest BCUT2D eigenvalue weighted by molar-refractivity contribution is 0.718. The zero-order valence-corrected chi connectivity index (χ0v) is 15.3. The van der Waals surface area contributed by atoms with Crippen LogP contribution in [0, 0.1) is 0 Å². The van der Waals surface area contributed by atoms with E-state index in [1.165, 1.54) is 5.56 Å². The van der Waals surface area contributed by atoms with Crippen molar-refractivity contribution in [2.45, 2.75) is 32.7 Å². The minimum absolute atomic E-state index is 0.0169. The number of thiazole rings is 1. The van der Waals surface area contributed by atoms with Crippen molar-refractivity contribution in [2.24, 2.45) is 0 Å². The minimum Gasteiger partial charge on any atom is -0.343 e. The Bertz CT molecular complexity index is 940. The van der Waals surface area contributed by atoms with E-state index in [0.717, 1.165) is 40.5 Å². The van der Waals surface area contributed by atoms with E-state index in [0.29, 0.717) is 12.5 Å². The Kier molecular flexibility index (Phi) is 4.17. The summed E-state index contributed by atoms with van der Waals surface area (Å²) in [6.45, 7) is 5.93. The van der Waals surface area contributed by atoms with Crippen LogP contribution < -0.4 is 10.5 Å². The van der Waals surface area contributed by atoms with Gasteiger partial charge in [-0.05, 0) is 29.5 Å². The van der Waals surface area contributed by atoms with Crippen molar-refractivity contribution in [3.8, 4) is 11.3 Å². The molecule has 128 valence electrons. The van der Waals surface area contributed by atoms with Crippen molar-refractivity contribution in [2.75, 3.05) is 11.4 Å². The molecule has 5 heteroatoms. The molecule has 4 nitrogen and oxygen atoms in total. The molecule has 0 bridgehead atoms. The van der Waals surface area contributed by atoms with E-state index in [1.54, 1.807) is 17.5 Å². The molecule has 1 N–H and O–H groups in total. The maximum absolute atomic E-state index is 12.1. The monoisotopic (exact) mass is 351 g/mol. The molecular formula is C20H21N3OS. The third-order valence-electron chi connectivity index (χ3n) is 4.80. The lowest BCUT2D eigenvalue weighted by Crippen LogP contribution is -2.34. The van der Waals surface area contributed by atoms with Gasteiger partial charge in [0.05, 0.1) is 12.2 Å². The van der Waals surface area contributed by atoms with Crippen LogP contribution in [-0.2, 0) is 13.0 Å². The molecule has 25 heavy (non-hydrogen) atoms. The Morgan fingerprint density at radius 1 is 1.20 bits per heavy atom. The van der Waals surface area contributed by atoms with Crippen molar-refractivity contribution in [1.82, 2.24) is 9.97 Å². The van der Waals surface area contributed by atoms with Gasteiger partial charge in [-0.2, -0.15) is 0 Å². The van der Waals surface area contributed by atoms with Crippen LogP contribution in [0.15, 0.2) is 46.7 Å². The van der Waals surface area contributed by atoms with Crippen LogP contribution in [0.1, 0.15) is 36.5 Å². The molecule has 0 aliphatic carbocycles. The summed E-state index contributed by atoms with van der Waals surface area (Å²) in [5.41, 5.74) is 5.52. The lowest BCUT2D eigenvalue weighted by atomic mass is 10.0. The highest BCUT2D eigenvalue weighted by Gasteiger charge is 2.21. The minimum atomic E-state index is 0.0169. The summed E-state index contributed by atoms with van der Waals surface area (Å²) in [5, 5.41) is 3.08. The third-order valence-corrected chi connectivity index (χ3v) is 5.70. The Morgan fingerprint density at radius 3 is 2.76 bits per heavy atom. The van der Waals surface area contributed by atoms with Crippen molar-refractivity contribution >= 4 is 16.5 Å². The number of aromatic amines is 1. The first-order chi connectivity index (χ1) is 12.1.